The number of amides is 1. The van der Waals surface area contributed by atoms with E-state index in [2.05, 4.69) is 18.2 Å². The summed E-state index contributed by atoms with van der Waals surface area (Å²) in [7, 11) is 0. The van der Waals surface area contributed by atoms with E-state index in [1.807, 2.05) is 30.0 Å². The molecular weight excluding hydrogens is 284 g/mol. The van der Waals surface area contributed by atoms with Crippen LogP contribution in [0.3, 0.4) is 0 Å². The van der Waals surface area contributed by atoms with E-state index in [1.54, 1.807) is 6.07 Å². The summed E-state index contributed by atoms with van der Waals surface area (Å²) in [6.07, 6.45) is 4.88. The number of anilines is 2. The standard InChI is InChI=1S/C20H22N2O/c1-14-8-9-15(21)12-16(14)19(23)22-13-20(10-4-5-11-20)17-6-2-3-7-18(17)22/h2-3,6-9,12H,4-5,10-11,13,21H2,1H3. The Morgan fingerprint density at radius 1 is 1.13 bits per heavy atom. The van der Waals surface area contributed by atoms with Crippen molar-refractivity contribution in [2.75, 3.05) is 17.2 Å². The van der Waals surface area contributed by atoms with Crippen molar-refractivity contribution in [3.63, 3.8) is 0 Å². The Morgan fingerprint density at radius 3 is 2.65 bits per heavy atom. The van der Waals surface area contributed by atoms with Crippen LogP contribution >= 0.6 is 0 Å². The Hall–Kier alpha value is -2.29. The molecule has 1 heterocycles. The third kappa shape index (κ3) is 2.14. The molecule has 0 saturated heterocycles. The molecule has 0 bridgehead atoms. The van der Waals surface area contributed by atoms with Crippen molar-refractivity contribution in [2.45, 2.75) is 38.0 Å². The highest BCUT2D eigenvalue weighted by atomic mass is 16.2. The third-order valence-electron chi connectivity index (χ3n) is 5.52. The number of nitrogen functional groups attached to an aromatic ring is 1. The van der Waals surface area contributed by atoms with Gasteiger partial charge in [0.05, 0.1) is 0 Å². The molecular formula is C20H22N2O. The van der Waals surface area contributed by atoms with Gasteiger partial charge in [0.2, 0.25) is 0 Å². The molecule has 4 rings (SSSR count). The monoisotopic (exact) mass is 306 g/mol. The van der Waals surface area contributed by atoms with Gasteiger partial charge in [-0.1, -0.05) is 37.1 Å². The number of benzene rings is 2. The summed E-state index contributed by atoms with van der Waals surface area (Å²) in [5.41, 5.74) is 10.8. The summed E-state index contributed by atoms with van der Waals surface area (Å²) in [6.45, 7) is 2.78. The third-order valence-corrected chi connectivity index (χ3v) is 5.52. The lowest BCUT2D eigenvalue weighted by Gasteiger charge is -2.25. The molecule has 1 aliphatic carbocycles. The van der Waals surface area contributed by atoms with Gasteiger partial charge in [-0.05, 0) is 49.1 Å². The average Bonchev–Trinajstić information content (AvgIpc) is 3.16. The molecule has 23 heavy (non-hydrogen) atoms. The topological polar surface area (TPSA) is 46.3 Å². The Labute approximate surface area is 137 Å². The van der Waals surface area contributed by atoms with E-state index in [1.165, 1.54) is 31.2 Å². The second-order valence-corrected chi connectivity index (χ2v) is 6.97. The first-order valence-corrected chi connectivity index (χ1v) is 8.38. The molecule has 3 nitrogen and oxygen atoms in total. The van der Waals surface area contributed by atoms with Crippen LogP contribution in [0.25, 0.3) is 0 Å². The molecule has 2 N–H and O–H groups in total. The van der Waals surface area contributed by atoms with E-state index >= 15 is 0 Å². The van der Waals surface area contributed by atoms with Gasteiger partial charge < -0.3 is 10.6 Å². The zero-order chi connectivity index (χ0) is 16.0. The molecule has 0 unspecified atom stereocenters. The van der Waals surface area contributed by atoms with Crippen LogP contribution in [0.1, 0.15) is 47.2 Å². The zero-order valence-electron chi connectivity index (χ0n) is 13.5. The fourth-order valence-corrected chi connectivity index (χ4v) is 4.31. The highest BCUT2D eigenvalue weighted by molar-refractivity contribution is 6.09. The number of para-hydroxylation sites is 1. The maximum Gasteiger partial charge on any atom is 0.258 e. The van der Waals surface area contributed by atoms with Gasteiger partial charge in [0.1, 0.15) is 0 Å². The molecule has 0 atom stereocenters. The minimum absolute atomic E-state index is 0.0750. The van der Waals surface area contributed by atoms with Crippen LogP contribution in [-0.4, -0.2) is 12.5 Å². The smallest absolute Gasteiger partial charge is 0.258 e. The Bertz CT molecular complexity index is 775. The molecule has 1 amide bonds. The summed E-state index contributed by atoms with van der Waals surface area (Å²) in [4.78, 5) is 15.2. The van der Waals surface area contributed by atoms with Gasteiger partial charge >= 0.3 is 0 Å². The number of hydrogen-bond acceptors (Lipinski definition) is 2. The SMILES string of the molecule is Cc1ccc(N)cc1C(=O)N1CC2(CCCC2)c2ccccc21. The van der Waals surface area contributed by atoms with Crippen molar-refractivity contribution in [2.24, 2.45) is 0 Å². The number of carbonyl (C=O) groups excluding carboxylic acids is 1. The number of fused-ring (bicyclic) bond motifs is 2. The van der Waals surface area contributed by atoms with Crippen molar-refractivity contribution >= 4 is 17.3 Å². The lowest BCUT2D eigenvalue weighted by molar-refractivity contribution is 0.0984. The highest BCUT2D eigenvalue weighted by Crippen LogP contribution is 2.50. The van der Waals surface area contributed by atoms with E-state index in [-0.39, 0.29) is 11.3 Å². The van der Waals surface area contributed by atoms with Crippen LogP contribution in [0, 0.1) is 6.92 Å². The predicted molar refractivity (Wildman–Crippen MR) is 93.9 cm³/mol. The molecule has 2 aliphatic rings. The first-order valence-electron chi connectivity index (χ1n) is 8.38. The second kappa shape index (κ2) is 5.12. The normalized spacial score (nSPS) is 18.4. The van der Waals surface area contributed by atoms with Crippen molar-refractivity contribution < 1.29 is 4.79 Å². The molecule has 2 aromatic carbocycles. The minimum Gasteiger partial charge on any atom is -0.399 e. The minimum atomic E-state index is 0.0750. The average molecular weight is 306 g/mol. The molecule has 1 saturated carbocycles. The molecule has 0 radical (unpaired) electrons. The van der Waals surface area contributed by atoms with Crippen molar-refractivity contribution in [1.29, 1.82) is 0 Å². The number of carbonyl (C=O) groups is 1. The molecule has 1 fully saturated rings. The first-order chi connectivity index (χ1) is 11.1. The van der Waals surface area contributed by atoms with Crippen LogP contribution in [0.15, 0.2) is 42.5 Å². The summed E-state index contributed by atoms with van der Waals surface area (Å²) < 4.78 is 0. The van der Waals surface area contributed by atoms with Crippen LogP contribution in [0.5, 0.6) is 0 Å². The van der Waals surface area contributed by atoms with Crippen LogP contribution < -0.4 is 10.6 Å². The van der Waals surface area contributed by atoms with Crippen molar-refractivity contribution in [1.82, 2.24) is 0 Å². The summed E-state index contributed by atoms with van der Waals surface area (Å²) in [5, 5.41) is 0. The Kier molecular flexibility index (Phi) is 3.19. The van der Waals surface area contributed by atoms with Gasteiger partial charge in [0.15, 0.2) is 0 Å². The molecule has 118 valence electrons. The lowest BCUT2D eigenvalue weighted by atomic mass is 9.81. The largest absolute Gasteiger partial charge is 0.399 e. The summed E-state index contributed by atoms with van der Waals surface area (Å²) in [5.74, 6) is 0.0750. The van der Waals surface area contributed by atoms with Crippen LogP contribution in [-0.2, 0) is 5.41 Å². The Balaban J connectivity index is 1.78. The lowest BCUT2D eigenvalue weighted by Crippen LogP contribution is -2.35. The fraction of sp³-hybridized carbons (Fsp3) is 0.350. The van der Waals surface area contributed by atoms with Crippen molar-refractivity contribution in [3.8, 4) is 0 Å². The van der Waals surface area contributed by atoms with Gasteiger partial charge in [-0.3, -0.25) is 4.79 Å². The molecule has 1 aliphatic heterocycles. The van der Waals surface area contributed by atoms with E-state index < -0.39 is 0 Å². The molecule has 0 aromatic heterocycles. The molecule has 1 spiro atoms. The van der Waals surface area contributed by atoms with E-state index in [4.69, 9.17) is 5.73 Å². The quantitative estimate of drug-likeness (QED) is 0.808. The van der Waals surface area contributed by atoms with Gasteiger partial charge in [0, 0.05) is 28.9 Å². The van der Waals surface area contributed by atoms with Crippen LogP contribution in [0.2, 0.25) is 0 Å². The van der Waals surface area contributed by atoms with Gasteiger partial charge in [-0.25, -0.2) is 0 Å². The Morgan fingerprint density at radius 2 is 1.87 bits per heavy atom. The number of aryl methyl sites for hydroxylation is 1. The predicted octanol–water partition coefficient (Wildman–Crippen LogP) is 4.05. The van der Waals surface area contributed by atoms with E-state index in [9.17, 15) is 4.79 Å². The number of nitrogens with zero attached hydrogens (tertiary/aromatic N) is 1. The number of nitrogens with two attached hydrogens (primary N) is 1. The van der Waals surface area contributed by atoms with Crippen LogP contribution in [0.4, 0.5) is 11.4 Å². The van der Waals surface area contributed by atoms with Crippen molar-refractivity contribution in [3.05, 3.63) is 59.2 Å². The fourth-order valence-electron chi connectivity index (χ4n) is 4.31. The highest BCUT2D eigenvalue weighted by Gasteiger charge is 2.46. The second-order valence-electron chi connectivity index (χ2n) is 6.97. The van der Waals surface area contributed by atoms with Gasteiger partial charge in [-0.2, -0.15) is 0 Å². The molecule has 3 heteroatoms. The maximum atomic E-state index is 13.2. The first kappa shape index (κ1) is 14.3. The summed E-state index contributed by atoms with van der Waals surface area (Å²) >= 11 is 0. The molecule has 2 aromatic rings. The zero-order valence-corrected chi connectivity index (χ0v) is 13.5. The van der Waals surface area contributed by atoms with Gasteiger partial charge in [-0.15, -0.1) is 0 Å². The van der Waals surface area contributed by atoms with E-state index in [0.29, 0.717) is 5.69 Å². The number of hydrogen-bond donors (Lipinski definition) is 1. The van der Waals surface area contributed by atoms with E-state index in [0.717, 1.165) is 23.4 Å². The summed E-state index contributed by atoms with van der Waals surface area (Å²) in [6, 6.07) is 14.0. The maximum absolute atomic E-state index is 13.2. The number of rotatable bonds is 1. The van der Waals surface area contributed by atoms with Gasteiger partial charge in [0.25, 0.3) is 5.91 Å².